The van der Waals surface area contributed by atoms with Crippen LogP contribution in [0, 0.1) is 6.92 Å². The molecule has 3 rings (SSSR count). The number of amides is 1. The molecule has 1 heterocycles. The Morgan fingerprint density at radius 3 is 2.82 bits per heavy atom. The normalized spacial score (nSPS) is 10.6. The zero-order valence-corrected chi connectivity index (χ0v) is 12.6. The predicted octanol–water partition coefficient (Wildman–Crippen LogP) is 3.41. The van der Waals surface area contributed by atoms with Crippen LogP contribution >= 0.6 is 0 Å². The Labute approximate surface area is 129 Å². The van der Waals surface area contributed by atoms with Crippen molar-refractivity contribution >= 4 is 16.8 Å². The second-order valence-electron chi connectivity index (χ2n) is 5.31. The van der Waals surface area contributed by atoms with E-state index < -0.39 is 0 Å². The average molecular weight is 294 g/mol. The fourth-order valence-electron chi connectivity index (χ4n) is 2.46. The molecule has 0 aliphatic rings. The number of aryl methyl sites for hydroxylation is 1. The number of carbonyl (C=O) groups is 1. The van der Waals surface area contributed by atoms with E-state index in [2.05, 4.69) is 16.4 Å². The Balaban J connectivity index is 1.74. The van der Waals surface area contributed by atoms with Gasteiger partial charge in [-0.25, -0.2) is 0 Å². The van der Waals surface area contributed by atoms with Gasteiger partial charge in [0.15, 0.2) is 0 Å². The van der Waals surface area contributed by atoms with E-state index in [4.69, 9.17) is 4.74 Å². The average Bonchev–Trinajstić information content (AvgIpc) is 2.95. The van der Waals surface area contributed by atoms with E-state index >= 15 is 0 Å². The van der Waals surface area contributed by atoms with Gasteiger partial charge in [0.2, 0.25) is 0 Å². The zero-order valence-electron chi connectivity index (χ0n) is 12.6. The Bertz CT molecular complexity index is 821. The number of hydrogen-bond acceptors (Lipinski definition) is 2. The molecule has 112 valence electrons. The van der Waals surface area contributed by atoms with Gasteiger partial charge in [0.25, 0.3) is 5.91 Å². The Kier molecular flexibility index (Phi) is 3.83. The van der Waals surface area contributed by atoms with E-state index in [1.165, 1.54) is 5.56 Å². The van der Waals surface area contributed by atoms with Gasteiger partial charge in [0, 0.05) is 17.4 Å². The maximum atomic E-state index is 12.3. The number of fused-ring (bicyclic) bond motifs is 1. The lowest BCUT2D eigenvalue weighted by Crippen LogP contribution is -2.23. The van der Waals surface area contributed by atoms with Crippen LogP contribution in [0.15, 0.2) is 48.5 Å². The molecule has 0 unspecified atom stereocenters. The van der Waals surface area contributed by atoms with E-state index in [1.807, 2.05) is 49.4 Å². The number of H-pyrrole nitrogens is 1. The van der Waals surface area contributed by atoms with Crippen molar-refractivity contribution in [3.8, 4) is 5.75 Å². The molecule has 4 nitrogen and oxygen atoms in total. The first-order valence-corrected chi connectivity index (χ1v) is 7.16. The summed E-state index contributed by atoms with van der Waals surface area (Å²) in [5.41, 5.74) is 3.74. The van der Waals surface area contributed by atoms with Crippen LogP contribution in [0.3, 0.4) is 0 Å². The van der Waals surface area contributed by atoms with Crippen LogP contribution in [0.2, 0.25) is 0 Å². The van der Waals surface area contributed by atoms with Crippen LogP contribution in [0.25, 0.3) is 10.9 Å². The predicted molar refractivity (Wildman–Crippen MR) is 87.2 cm³/mol. The maximum absolute atomic E-state index is 12.3. The Morgan fingerprint density at radius 1 is 1.18 bits per heavy atom. The number of rotatable bonds is 4. The summed E-state index contributed by atoms with van der Waals surface area (Å²) < 4.78 is 5.19. The SMILES string of the molecule is COc1ccc2[nH]c(C(=O)NCc3cccc(C)c3)cc2c1. The first-order chi connectivity index (χ1) is 10.7. The minimum absolute atomic E-state index is 0.114. The molecule has 1 aromatic heterocycles. The smallest absolute Gasteiger partial charge is 0.267 e. The highest BCUT2D eigenvalue weighted by Gasteiger charge is 2.09. The molecule has 2 N–H and O–H groups in total. The van der Waals surface area contributed by atoms with Crippen LogP contribution in [0.4, 0.5) is 0 Å². The van der Waals surface area contributed by atoms with Crippen molar-refractivity contribution in [1.29, 1.82) is 0 Å². The molecule has 0 atom stereocenters. The summed E-state index contributed by atoms with van der Waals surface area (Å²) in [4.78, 5) is 15.4. The fraction of sp³-hybridized carbons (Fsp3) is 0.167. The molecule has 0 fully saturated rings. The maximum Gasteiger partial charge on any atom is 0.267 e. The lowest BCUT2D eigenvalue weighted by Gasteiger charge is -2.04. The summed E-state index contributed by atoms with van der Waals surface area (Å²) in [5.74, 6) is 0.662. The molecule has 0 spiro atoms. The minimum Gasteiger partial charge on any atom is -0.497 e. The highest BCUT2D eigenvalue weighted by Crippen LogP contribution is 2.21. The number of benzene rings is 2. The molecule has 0 aliphatic carbocycles. The Hall–Kier alpha value is -2.75. The molecule has 0 aliphatic heterocycles. The minimum atomic E-state index is -0.114. The van der Waals surface area contributed by atoms with Gasteiger partial charge in [0.05, 0.1) is 7.11 Å². The van der Waals surface area contributed by atoms with Crippen molar-refractivity contribution in [2.75, 3.05) is 7.11 Å². The van der Waals surface area contributed by atoms with Crippen molar-refractivity contribution in [2.45, 2.75) is 13.5 Å². The van der Waals surface area contributed by atoms with Gasteiger partial charge in [-0.15, -0.1) is 0 Å². The molecule has 22 heavy (non-hydrogen) atoms. The zero-order chi connectivity index (χ0) is 15.5. The van der Waals surface area contributed by atoms with Gasteiger partial charge in [-0.3, -0.25) is 4.79 Å². The van der Waals surface area contributed by atoms with Crippen molar-refractivity contribution in [2.24, 2.45) is 0 Å². The van der Waals surface area contributed by atoms with E-state index in [-0.39, 0.29) is 5.91 Å². The van der Waals surface area contributed by atoms with Crippen LogP contribution in [-0.4, -0.2) is 18.0 Å². The molecule has 2 aromatic carbocycles. The largest absolute Gasteiger partial charge is 0.497 e. The molecule has 0 radical (unpaired) electrons. The molecule has 3 aromatic rings. The fourth-order valence-corrected chi connectivity index (χ4v) is 2.46. The van der Waals surface area contributed by atoms with Crippen LogP contribution < -0.4 is 10.1 Å². The lowest BCUT2D eigenvalue weighted by molar-refractivity contribution is 0.0946. The van der Waals surface area contributed by atoms with Crippen molar-refractivity contribution in [3.63, 3.8) is 0 Å². The van der Waals surface area contributed by atoms with E-state index in [0.29, 0.717) is 12.2 Å². The summed E-state index contributed by atoms with van der Waals surface area (Å²) >= 11 is 0. The third kappa shape index (κ3) is 2.96. The van der Waals surface area contributed by atoms with Gasteiger partial charge in [-0.05, 0) is 36.8 Å². The first-order valence-electron chi connectivity index (χ1n) is 7.16. The van der Waals surface area contributed by atoms with Crippen LogP contribution in [-0.2, 0) is 6.54 Å². The summed E-state index contributed by atoms with van der Waals surface area (Å²) in [5, 5.41) is 3.89. The quantitative estimate of drug-likeness (QED) is 0.774. The molecular formula is C18H18N2O2. The third-order valence-electron chi connectivity index (χ3n) is 3.61. The van der Waals surface area contributed by atoms with Crippen molar-refractivity contribution < 1.29 is 9.53 Å². The Morgan fingerprint density at radius 2 is 2.05 bits per heavy atom. The summed E-state index contributed by atoms with van der Waals surface area (Å²) in [6.45, 7) is 2.55. The molecular weight excluding hydrogens is 276 g/mol. The third-order valence-corrected chi connectivity index (χ3v) is 3.61. The number of carbonyl (C=O) groups excluding carboxylic acids is 1. The van der Waals surface area contributed by atoms with Gasteiger partial charge in [-0.1, -0.05) is 29.8 Å². The van der Waals surface area contributed by atoms with Gasteiger partial charge in [0.1, 0.15) is 11.4 Å². The number of aromatic amines is 1. The number of ether oxygens (including phenoxy) is 1. The first kappa shape index (κ1) is 14.2. The molecule has 4 heteroatoms. The summed E-state index contributed by atoms with van der Waals surface area (Å²) in [6, 6.07) is 15.6. The number of hydrogen-bond donors (Lipinski definition) is 2. The van der Waals surface area contributed by atoms with Gasteiger partial charge in [-0.2, -0.15) is 0 Å². The standard InChI is InChI=1S/C18H18N2O2/c1-12-4-3-5-13(8-12)11-19-18(21)17-10-14-9-15(22-2)6-7-16(14)20-17/h3-10,20H,11H2,1-2H3,(H,19,21). The lowest BCUT2D eigenvalue weighted by atomic mass is 10.1. The second kappa shape index (κ2) is 5.93. The molecule has 0 saturated carbocycles. The van der Waals surface area contributed by atoms with E-state index in [9.17, 15) is 4.79 Å². The molecule has 1 amide bonds. The second-order valence-corrected chi connectivity index (χ2v) is 5.31. The van der Waals surface area contributed by atoms with E-state index in [1.54, 1.807) is 7.11 Å². The monoisotopic (exact) mass is 294 g/mol. The van der Waals surface area contributed by atoms with Gasteiger partial charge >= 0.3 is 0 Å². The van der Waals surface area contributed by atoms with Crippen molar-refractivity contribution in [1.82, 2.24) is 10.3 Å². The van der Waals surface area contributed by atoms with Crippen LogP contribution in [0.1, 0.15) is 21.6 Å². The molecule has 0 bridgehead atoms. The molecule has 0 saturated heterocycles. The van der Waals surface area contributed by atoms with Crippen LogP contribution in [0.5, 0.6) is 5.75 Å². The highest BCUT2D eigenvalue weighted by molar-refractivity contribution is 5.98. The van der Waals surface area contributed by atoms with Crippen molar-refractivity contribution in [3.05, 3.63) is 65.4 Å². The van der Waals surface area contributed by atoms with E-state index in [0.717, 1.165) is 22.2 Å². The number of methoxy groups -OCH3 is 1. The number of aromatic nitrogens is 1. The number of nitrogens with one attached hydrogen (secondary N) is 2. The van der Waals surface area contributed by atoms with Gasteiger partial charge < -0.3 is 15.0 Å². The topological polar surface area (TPSA) is 54.1 Å². The highest BCUT2D eigenvalue weighted by atomic mass is 16.5. The summed E-state index contributed by atoms with van der Waals surface area (Å²) in [6.07, 6.45) is 0. The summed E-state index contributed by atoms with van der Waals surface area (Å²) in [7, 11) is 1.63.